The van der Waals surface area contributed by atoms with Crippen LogP contribution in [0.2, 0.25) is 0 Å². The van der Waals surface area contributed by atoms with Gasteiger partial charge in [-0.25, -0.2) is 0 Å². The van der Waals surface area contributed by atoms with Crippen LogP contribution >= 0.6 is 0 Å². The van der Waals surface area contributed by atoms with Crippen LogP contribution in [0.5, 0.6) is 0 Å². The van der Waals surface area contributed by atoms with Crippen LogP contribution in [0.15, 0.2) is 36.5 Å². The van der Waals surface area contributed by atoms with Crippen molar-refractivity contribution in [1.82, 2.24) is 4.98 Å². The Bertz CT molecular complexity index is 604. The first kappa shape index (κ1) is 14.5. The van der Waals surface area contributed by atoms with E-state index >= 15 is 0 Å². The standard InChI is InChI=1S/C19H25NO/c1-2-6-15-7-4-12-19(21,13-11-15)17-10-3-8-16-9-5-14-20-18(16)17/h3,5,8-10,14-15,21H,2,4,6-7,11-13H2,1H3. The molecule has 2 heteroatoms. The number of fused-ring (bicyclic) bond motifs is 1. The number of rotatable bonds is 3. The van der Waals surface area contributed by atoms with Gasteiger partial charge in [-0.3, -0.25) is 4.98 Å². The van der Waals surface area contributed by atoms with Gasteiger partial charge in [0, 0.05) is 17.1 Å². The molecule has 2 atom stereocenters. The van der Waals surface area contributed by atoms with Crippen molar-refractivity contribution in [3.63, 3.8) is 0 Å². The minimum Gasteiger partial charge on any atom is -0.385 e. The van der Waals surface area contributed by atoms with Gasteiger partial charge in [0.2, 0.25) is 0 Å². The molecule has 0 saturated heterocycles. The zero-order chi connectivity index (χ0) is 14.7. The minimum absolute atomic E-state index is 0.698. The molecule has 2 nitrogen and oxygen atoms in total. The van der Waals surface area contributed by atoms with Crippen LogP contribution in [-0.2, 0) is 5.60 Å². The molecule has 1 heterocycles. The second kappa shape index (κ2) is 6.15. The summed E-state index contributed by atoms with van der Waals surface area (Å²) in [6.07, 6.45) is 9.61. The Hall–Kier alpha value is -1.41. The van der Waals surface area contributed by atoms with E-state index in [1.165, 1.54) is 19.3 Å². The smallest absolute Gasteiger partial charge is 0.0917 e. The predicted molar refractivity (Wildman–Crippen MR) is 87.1 cm³/mol. The number of benzene rings is 1. The molecule has 1 fully saturated rings. The molecular weight excluding hydrogens is 258 g/mol. The SMILES string of the molecule is CCCC1CCCC(O)(c2cccc3cccnc23)CC1. The third kappa shape index (κ3) is 2.96. The number of aliphatic hydroxyl groups is 1. The van der Waals surface area contributed by atoms with E-state index in [-0.39, 0.29) is 0 Å². The monoisotopic (exact) mass is 283 g/mol. The number of nitrogens with zero attached hydrogens (tertiary/aromatic N) is 1. The minimum atomic E-state index is -0.698. The molecule has 0 spiro atoms. The van der Waals surface area contributed by atoms with Crippen LogP contribution in [0.25, 0.3) is 10.9 Å². The van der Waals surface area contributed by atoms with E-state index < -0.39 is 5.60 Å². The van der Waals surface area contributed by atoms with Crippen molar-refractivity contribution in [3.8, 4) is 0 Å². The molecule has 0 aliphatic heterocycles. The van der Waals surface area contributed by atoms with Gasteiger partial charge in [0.1, 0.15) is 0 Å². The quantitative estimate of drug-likeness (QED) is 0.821. The lowest BCUT2D eigenvalue weighted by atomic mass is 9.84. The summed E-state index contributed by atoms with van der Waals surface area (Å²) < 4.78 is 0. The number of aromatic nitrogens is 1. The lowest BCUT2D eigenvalue weighted by molar-refractivity contribution is 0.0208. The van der Waals surface area contributed by atoms with Crippen molar-refractivity contribution in [3.05, 3.63) is 42.1 Å². The Kier molecular flexibility index (Phi) is 4.25. The molecule has 1 aliphatic carbocycles. The second-order valence-electron chi connectivity index (χ2n) is 6.50. The summed E-state index contributed by atoms with van der Waals surface area (Å²) in [4.78, 5) is 4.53. The molecule has 1 aromatic heterocycles. The van der Waals surface area contributed by atoms with Crippen LogP contribution < -0.4 is 0 Å². The van der Waals surface area contributed by atoms with Crippen molar-refractivity contribution >= 4 is 10.9 Å². The highest BCUT2D eigenvalue weighted by Crippen LogP contribution is 2.40. The Morgan fingerprint density at radius 1 is 1.19 bits per heavy atom. The maximum atomic E-state index is 11.3. The normalized spacial score (nSPS) is 26.7. The average molecular weight is 283 g/mol. The Labute approximate surface area is 127 Å². The lowest BCUT2D eigenvalue weighted by Crippen LogP contribution is -2.25. The molecule has 112 valence electrons. The zero-order valence-electron chi connectivity index (χ0n) is 12.9. The Balaban J connectivity index is 1.93. The highest BCUT2D eigenvalue weighted by atomic mass is 16.3. The summed E-state index contributed by atoms with van der Waals surface area (Å²) in [5.41, 5.74) is 1.30. The molecule has 1 aromatic carbocycles. The van der Waals surface area contributed by atoms with Crippen molar-refractivity contribution in [1.29, 1.82) is 0 Å². The summed E-state index contributed by atoms with van der Waals surface area (Å²) in [5, 5.41) is 12.4. The van der Waals surface area contributed by atoms with E-state index in [0.29, 0.717) is 0 Å². The molecule has 2 aromatic rings. The Morgan fingerprint density at radius 3 is 2.90 bits per heavy atom. The molecule has 0 radical (unpaired) electrons. The second-order valence-corrected chi connectivity index (χ2v) is 6.50. The van der Waals surface area contributed by atoms with Crippen LogP contribution in [0, 0.1) is 5.92 Å². The number of hydrogen-bond donors (Lipinski definition) is 1. The number of hydrogen-bond acceptors (Lipinski definition) is 2. The lowest BCUT2D eigenvalue weighted by Gasteiger charge is -2.28. The number of pyridine rings is 1. The molecule has 1 aliphatic rings. The van der Waals surface area contributed by atoms with Gasteiger partial charge in [0.15, 0.2) is 0 Å². The summed E-state index contributed by atoms with van der Waals surface area (Å²) in [6.45, 7) is 2.26. The molecular formula is C19H25NO. The van der Waals surface area contributed by atoms with Crippen molar-refractivity contribution in [2.24, 2.45) is 5.92 Å². The maximum absolute atomic E-state index is 11.3. The van der Waals surface area contributed by atoms with E-state index in [9.17, 15) is 5.11 Å². The molecule has 3 rings (SSSR count). The summed E-state index contributed by atoms with van der Waals surface area (Å²) in [7, 11) is 0. The van der Waals surface area contributed by atoms with Gasteiger partial charge < -0.3 is 5.11 Å². The first-order valence-electron chi connectivity index (χ1n) is 8.29. The first-order valence-corrected chi connectivity index (χ1v) is 8.29. The summed E-state index contributed by atoms with van der Waals surface area (Å²) in [6, 6.07) is 10.2. The highest BCUT2D eigenvalue weighted by molar-refractivity contribution is 5.82. The fourth-order valence-electron chi connectivity index (χ4n) is 3.84. The van der Waals surface area contributed by atoms with Crippen LogP contribution in [-0.4, -0.2) is 10.1 Å². The molecule has 21 heavy (non-hydrogen) atoms. The predicted octanol–water partition coefficient (Wildman–Crippen LogP) is 4.80. The van der Waals surface area contributed by atoms with Crippen LogP contribution in [0.3, 0.4) is 0 Å². The third-order valence-corrected chi connectivity index (χ3v) is 5.00. The van der Waals surface area contributed by atoms with Gasteiger partial charge in [0.05, 0.1) is 11.1 Å². The van der Waals surface area contributed by atoms with Gasteiger partial charge in [-0.05, 0) is 37.7 Å². The van der Waals surface area contributed by atoms with E-state index in [2.05, 4.69) is 30.1 Å². The van der Waals surface area contributed by atoms with Crippen LogP contribution in [0.1, 0.15) is 57.4 Å². The molecule has 0 amide bonds. The van der Waals surface area contributed by atoms with Gasteiger partial charge >= 0.3 is 0 Å². The Morgan fingerprint density at radius 2 is 2.05 bits per heavy atom. The van der Waals surface area contributed by atoms with E-state index in [1.54, 1.807) is 0 Å². The third-order valence-electron chi connectivity index (χ3n) is 5.00. The molecule has 1 saturated carbocycles. The van der Waals surface area contributed by atoms with E-state index in [4.69, 9.17) is 0 Å². The zero-order valence-corrected chi connectivity index (χ0v) is 12.9. The largest absolute Gasteiger partial charge is 0.385 e. The maximum Gasteiger partial charge on any atom is 0.0917 e. The highest BCUT2D eigenvalue weighted by Gasteiger charge is 2.33. The first-order chi connectivity index (χ1) is 10.2. The fourth-order valence-corrected chi connectivity index (χ4v) is 3.84. The van der Waals surface area contributed by atoms with Crippen molar-refractivity contribution in [2.75, 3.05) is 0 Å². The van der Waals surface area contributed by atoms with Crippen molar-refractivity contribution in [2.45, 2.75) is 57.5 Å². The van der Waals surface area contributed by atoms with E-state index in [1.807, 2.05) is 18.3 Å². The molecule has 2 unspecified atom stereocenters. The van der Waals surface area contributed by atoms with E-state index in [0.717, 1.165) is 48.1 Å². The fraction of sp³-hybridized carbons (Fsp3) is 0.526. The van der Waals surface area contributed by atoms with Crippen LogP contribution in [0.4, 0.5) is 0 Å². The average Bonchev–Trinajstić information content (AvgIpc) is 2.70. The van der Waals surface area contributed by atoms with Gasteiger partial charge in [-0.15, -0.1) is 0 Å². The number of para-hydroxylation sites is 1. The summed E-state index contributed by atoms with van der Waals surface area (Å²) in [5.74, 6) is 0.784. The molecule has 0 bridgehead atoms. The molecule has 1 N–H and O–H groups in total. The summed E-state index contributed by atoms with van der Waals surface area (Å²) >= 11 is 0. The van der Waals surface area contributed by atoms with Gasteiger partial charge in [0.25, 0.3) is 0 Å². The topological polar surface area (TPSA) is 33.1 Å². The van der Waals surface area contributed by atoms with Crippen molar-refractivity contribution < 1.29 is 5.11 Å². The van der Waals surface area contributed by atoms with Gasteiger partial charge in [-0.2, -0.15) is 0 Å². The van der Waals surface area contributed by atoms with Gasteiger partial charge in [-0.1, -0.05) is 50.5 Å².